The van der Waals surface area contributed by atoms with Crippen molar-refractivity contribution in [2.24, 2.45) is 0 Å². The van der Waals surface area contributed by atoms with E-state index in [1.165, 1.54) is 17.7 Å². The summed E-state index contributed by atoms with van der Waals surface area (Å²) in [6.07, 6.45) is 0.190. The van der Waals surface area contributed by atoms with Crippen molar-refractivity contribution in [3.8, 4) is 5.75 Å². The minimum atomic E-state index is -2.85. The third-order valence-corrected chi connectivity index (χ3v) is 3.82. The minimum Gasteiger partial charge on any atom is -0.435 e. The number of halogens is 2. The first kappa shape index (κ1) is 18.9. The van der Waals surface area contributed by atoms with Crippen molar-refractivity contribution in [3.05, 3.63) is 65.2 Å². The Balaban J connectivity index is 1.84. The molecule has 25 heavy (non-hydrogen) atoms. The molecule has 0 saturated carbocycles. The van der Waals surface area contributed by atoms with Gasteiger partial charge in [0.25, 0.3) is 0 Å². The topological polar surface area (TPSA) is 38.3 Å². The molecule has 0 bridgehead atoms. The quantitative estimate of drug-likeness (QED) is 0.839. The van der Waals surface area contributed by atoms with E-state index in [1.807, 2.05) is 12.1 Å². The summed E-state index contributed by atoms with van der Waals surface area (Å²) in [5.74, 6) is -0.0412. The summed E-state index contributed by atoms with van der Waals surface area (Å²) in [5.41, 5.74) is 3.11. The van der Waals surface area contributed by atoms with Gasteiger partial charge in [0.05, 0.1) is 6.42 Å². The van der Waals surface area contributed by atoms with Crippen LogP contribution in [0.3, 0.4) is 0 Å². The van der Waals surface area contributed by atoms with Crippen LogP contribution in [0, 0.1) is 0 Å². The van der Waals surface area contributed by atoms with Gasteiger partial charge in [-0.05, 0) is 34.2 Å². The number of carbonyl (C=O) groups excluding carboxylic acids is 1. The predicted molar refractivity (Wildman–Crippen MR) is 93.8 cm³/mol. The lowest BCUT2D eigenvalue weighted by molar-refractivity contribution is -0.120. The van der Waals surface area contributed by atoms with Gasteiger partial charge in [0.2, 0.25) is 5.91 Å². The molecule has 0 fully saturated rings. The molecule has 5 heteroatoms. The summed E-state index contributed by atoms with van der Waals surface area (Å²) >= 11 is 0. The van der Waals surface area contributed by atoms with E-state index < -0.39 is 6.61 Å². The molecular weight excluding hydrogens is 324 g/mol. The molecule has 0 aliphatic heterocycles. The van der Waals surface area contributed by atoms with Gasteiger partial charge in [-0.15, -0.1) is 0 Å². The molecule has 0 heterocycles. The van der Waals surface area contributed by atoms with E-state index in [0.717, 1.165) is 11.1 Å². The molecule has 2 aromatic carbocycles. The van der Waals surface area contributed by atoms with Crippen LogP contribution in [0.4, 0.5) is 8.78 Å². The van der Waals surface area contributed by atoms with Gasteiger partial charge in [-0.3, -0.25) is 4.79 Å². The lowest BCUT2D eigenvalue weighted by Gasteiger charge is -2.19. The first-order chi connectivity index (χ1) is 11.7. The number of nitrogens with one attached hydrogen (secondary N) is 1. The zero-order chi connectivity index (χ0) is 18.4. The number of ether oxygens (including phenoxy) is 1. The van der Waals surface area contributed by atoms with Crippen molar-refractivity contribution >= 4 is 5.91 Å². The fourth-order valence-corrected chi connectivity index (χ4v) is 2.36. The monoisotopic (exact) mass is 347 g/mol. The Labute approximate surface area is 147 Å². The Morgan fingerprint density at radius 2 is 1.56 bits per heavy atom. The van der Waals surface area contributed by atoms with Crippen LogP contribution in [-0.2, 0) is 23.2 Å². The van der Waals surface area contributed by atoms with Crippen molar-refractivity contribution in [2.45, 2.75) is 45.8 Å². The number of hydrogen-bond donors (Lipinski definition) is 1. The number of rotatable bonds is 6. The van der Waals surface area contributed by atoms with Crippen LogP contribution in [-0.4, -0.2) is 12.5 Å². The summed E-state index contributed by atoms with van der Waals surface area (Å²) in [4.78, 5) is 12.0. The third-order valence-electron chi connectivity index (χ3n) is 3.82. The summed E-state index contributed by atoms with van der Waals surface area (Å²) in [5, 5.41) is 2.86. The van der Waals surface area contributed by atoms with Crippen molar-refractivity contribution in [1.29, 1.82) is 0 Å². The predicted octanol–water partition coefficient (Wildman–Crippen LogP) is 4.44. The standard InChI is InChI=1S/C20H23F2NO2/c1-20(2,3)16-8-4-15(5-9-16)13-23-18(24)12-14-6-10-17(11-7-14)25-19(21)22/h4-11,19H,12-13H2,1-3H3,(H,23,24). The number of alkyl halides is 2. The second kappa shape index (κ2) is 8.10. The number of carbonyl (C=O) groups is 1. The molecule has 1 amide bonds. The first-order valence-electron chi connectivity index (χ1n) is 8.14. The molecule has 0 aliphatic carbocycles. The number of amides is 1. The van der Waals surface area contributed by atoms with E-state index in [2.05, 4.69) is 43.0 Å². The second-order valence-electron chi connectivity index (χ2n) is 6.92. The Morgan fingerprint density at radius 1 is 1.00 bits per heavy atom. The molecular formula is C20H23F2NO2. The Bertz CT molecular complexity index is 689. The van der Waals surface area contributed by atoms with Gasteiger partial charge in [-0.25, -0.2) is 0 Å². The van der Waals surface area contributed by atoms with Crippen LogP contribution >= 0.6 is 0 Å². The van der Waals surface area contributed by atoms with Gasteiger partial charge in [0, 0.05) is 6.54 Å². The molecule has 0 atom stereocenters. The van der Waals surface area contributed by atoms with E-state index in [9.17, 15) is 13.6 Å². The van der Waals surface area contributed by atoms with E-state index in [1.54, 1.807) is 12.1 Å². The van der Waals surface area contributed by atoms with Crippen LogP contribution in [0.5, 0.6) is 5.75 Å². The fraction of sp³-hybridized carbons (Fsp3) is 0.350. The van der Waals surface area contributed by atoms with Crippen molar-refractivity contribution < 1.29 is 18.3 Å². The van der Waals surface area contributed by atoms with Crippen LogP contribution < -0.4 is 10.1 Å². The largest absolute Gasteiger partial charge is 0.435 e. The Kier molecular flexibility index (Phi) is 6.12. The maximum atomic E-state index is 12.1. The van der Waals surface area contributed by atoms with Gasteiger partial charge in [0.15, 0.2) is 0 Å². The van der Waals surface area contributed by atoms with Gasteiger partial charge >= 0.3 is 6.61 Å². The van der Waals surface area contributed by atoms with Crippen molar-refractivity contribution in [2.75, 3.05) is 0 Å². The molecule has 0 saturated heterocycles. The molecule has 0 unspecified atom stereocenters. The lowest BCUT2D eigenvalue weighted by Crippen LogP contribution is -2.24. The molecule has 0 aromatic heterocycles. The van der Waals surface area contributed by atoms with Crippen LogP contribution in [0.2, 0.25) is 0 Å². The highest BCUT2D eigenvalue weighted by atomic mass is 19.3. The van der Waals surface area contributed by atoms with Gasteiger partial charge in [-0.2, -0.15) is 8.78 Å². The summed E-state index contributed by atoms with van der Waals surface area (Å²) < 4.78 is 28.5. The molecule has 2 aromatic rings. The molecule has 1 N–H and O–H groups in total. The molecule has 3 nitrogen and oxygen atoms in total. The molecule has 2 rings (SSSR count). The average molecular weight is 347 g/mol. The molecule has 0 radical (unpaired) electrons. The van der Waals surface area contributed by atoms with Crippen molar-refractivity contribution in [3.63, 3.8) is 0 Å². The highest BCUT2D eigenvalue weighted by Crippen LogP contribution is 2.22. The number of hydrogen-bond acceptors (Lipinski definition) is 2. The van der Waals surface area contributed by atoms with Crippen LogP contribution in [0.15, 0.2) is 48.5 Å². The Hall–Kier alpha value is -2.43. The zero-order valence-electron chi connectivity index (χ0n) is 14.7. The van der Waals surface area contributed by atoms with E-state index in [0.29, 0.717) is 6.54 Å². The maximum absolute atomic E-state index is 12.1. The zero-order valence-corrected chi connectivity index (χ0v) is 14.7. The minimum absolute atomic E-state index is 0.0816. The second-order valence-corrected chi connectivity index (χ2v) is 6.92. The SMILES string of the molecule is CC(C)(C)c1ccc(CNC(=O)Cc2ccc(OC(F)F)cc2)cc1. The first-order valence-corrected chi connectivity index (χ1v) is 8.14. The third kappa shape index (κ3) is 6.18. The highest BCUT2D eigenvalue weighted by molar-refractivity contribution is 5.78. The maximum Gasteiger partial charge on any atom is 0.387 e. The van der Waals surface area contributed by atoms with Crippen LogP contribution in [0.1, 0.15) is 37.5 Å². The lowest BCUT2D eigenvalue weighted by atomic mass is 9.87. The fourth-order valence-electron chi connectivity index (χ4n) is 2.36. The summed E-state index contributed by atoms with van der Waals surface area (Å²) in [6.45, 7) is 4.07. The average Bonchev–Trinajstić information content (AvgIpc) is 2.54. The van der Waals surface area contributed by atoms with Crippen molar-refractivity contribution in [1.82, 2.24) is 5.32 Å². The van der Waals surface area contributed by atoms with E-state index >= 15 is 0 Å². The molecule has 0 aliphatic rings. The molecule has 0 spiro atoms. The molecule has 134 valence electrons. The highest BCUT2D eigenvalue weighted by Gasteiger charge is 2.13. The van der Waals surface area contributed by atoms with Gasteiger partial charge in [0.1, 0.15) is 5.75 Å². The number of benzene rings is 2. The van der Waals surface area contributed by atoms with Crippen LogP contribution in [0.25, 0.3) is 0 Å². The summed E-state index contributed by atoms with van der Waals surface area (Å²) in [7, 11) is 0. The van der Waals surface area contributed by atoms with E-state index in [-0.39, 0.29) is 23.5 Å². The smallest absolute Gasteiger partial charge is 0.387 e. The normalized spacial score (nSPS) is 11.4. The van der Waals surface area contributed by atoms with E-state index in [4.69, 9.17) is 0 Å². The van der Waals surface area contributed by atoms with Gasteiger partial charge < -0.3 is 10.1 Å². The summed E-state index contributed by atoms with van der Waals surface area (Å²) in [6, 6.07) is 14.2. The Morgan fingerprint density at radius 3 is 2.08 bits per heavy atom. The van der Waals surface area contributed by atoms with Gasteiger partial charge in [-0.1, -0.05) is 57.2 Å².